The van der Waals surface area contributed by atoms with Crippen molar-refractivity contribution in [3.63, 3.8) is 0 Å². The van der Waals surface area contributed by atoms with Crippen LogP contribution in [0.1, 0.15) is 16.8 Å². The van der Waals surface area contributed by atoms with Crippen molar-refractivity contribution in [3.8, 4) is 0 Å². The second-order valence-electron chi connectivity index (χ2n) is 3.90. The molecule has 0 bridgehead atoms. The summed E-state index contributed by atoms with van der Waals surface area (Å²) < 4.78 is 30.9. The molecule has 108 valence electrons. The topological polar surface area (TPSA) is 55.4 Å². The molecule has 0 radical (unpaired) electrons. The summed E-state index contributed by atoms with van der Waals surface area (Å²) in [6, 6.07) is 1.74. The van der Waals surface area contributed by atoms with E-state index < -0.39 is 29.6 Å². The smallest absolute Gasteiger partial charge is 0.328 e. The highest BCUT2D eigenvalue weighted by atomic mass is 79.9. The van der Waals surface area contributed by atoms with Gasteiger partial charge in [-0.15, -0.1) is 0 Å². The number of ether oxygens (including phenoxy) is 1. The summed E-state index contributed by atoms with van der Waals surface area (Å²) in [6.07, 6.45) is 0.113. The lowest BCUT2D eigenvalue weighted by atomic mass is 10.1. The number of nitrogens with one attached hydrogen (secondary N) is 1. The zero-order chi connectivity index (χ0) is 15.3. The fourth-order valence-electron chi connectivity index (χ4n) is 1.44. The lowest BCUT2D eigenvalue weighted by Crippen LogP contribution is -2.41. The summed E-state index contributed by atoms with van der Waals surface area (Å²) in [5.41, 5.74) is -0.0991. The van der Waals surface area contributed by atoms with Gasteiger partial charge in [-0.2, -0.15) is 0 Å². The zero-order valence-electron chi connectivity index (χ0n) is 10.6. The van der Waals surface area contributed by atoms with Crippen molar-refractivity contribution in [1.82, 2.24) is 5.32 Å². The SMILES string of the molecule is C=C(Br)C[C@H](NC(=O)c1ccc(F)c(F)c1)C(=O)OC. The Morgan fingerprint density at radius 3 is 2.55 bits per heavy atom. The molecular formula is C13H12BrF2NO3. The Hall–Kier alpha value is -1.76. The van der Waals surface area contributed by atoms with Gasteiger partial charge in [0.05, 0.1) is 7.11 Å². The maximum Gasteiger partial charge on any atom is 0.328 e. The maximum absolute atomic E-state index is 13.0. The second kappa shape index (κ2) is 7.14. The highest BCUT2D eigenvalue weighted by molar-refractivity contribution is 9.11. The number of amides is 1. The van der Waals surface area contributed by atoms with Crippen molar-refractivity contribution in [2.75, 3.05) is 7.11 Å². The molecule has 7 heteroatoms. The highest BCUT2D eigenvalue weighted by Gasteiger charge is 2.23. The number of hydrogen-bond donors (Lipinski definition) is 1. The van der Waals surface area contributed by atoms with Crippen LogP contribution in [0.25, 0.3) is 0 Å². The zero-order valence-corrected chi connectivity index (χ0v) is 12.2. The summed E-state index contributed by atoms with van der Waals surface area (Å²) in [5, 5.41) is 2.37. The van der Waals surface area contributed by atoms with Crippen LogP contribution in [0, 0.1) is 11.6 Å². The molecule has 0 saturated heterocycles. The van der Waals surface area contributed by atoms with Crippen LogP contribution in [-0.4, -0.2) is 25.0 Å². The molecule has 1 amide bonds. The van der Waals surface area contributed by atoms with Gasteiger partial charge in [-0.05, 0) is 22.7 Å². The number of carbonyl (C=O) groups is 2. The third-order valence-corrected chi connectivity index (χ3v) is 2.72. The van der Waals surface area contributed by atoms with Crippen molar-refractivity contribution in [1.29, 1.82) is 0 Å². The fourth-order valence-corrected chi connectivity index (χ4v) is 1.76. The molecule has 1 N–H and O–H groups in total. The number of rotatable bonds is 5. The van der Waals surface area contributed by atoms with Crippen molar-refractivity contribution in [2.24, 2.45) is 0 Å². The number of methoxy groups -OCH3 is 1. The molecule has 0 aliphatic carbocycles. The molecule has 0 unspecified atom stereocenters. The maximum atomic E-state index is 13.0. The van der Waals surface area contributed by atoms with Gasteiger partial charge in [0.2, 0.25) is 0 Å². The summed E-state index contributed by atoms with van der Waals surface area (Å²) >= 11 is 3.08. The third kappa shape index (κ3) is 4.41. The summed E-state index contributed by atoms with van der Waals surface area (Å²) in [5.74, 6) is -3.58. The lowest BCUT2D eigenvalue weighted by molar-refractivity contribution is -0.142. The van der Waals surface area contributed by atoms with Crippen molar-refractivity contribution < 1.29 is 23.1 Å². The molecule has 0 fully saturated rings. The monoisotopic (exact) mass is 347 g/mol. The number of esters is 1. The largest absolute Gasteiger partial charge is 0.467 e. The van der Waals surface area contributed by atoms with Crippen LogP contribution >= 0.6 is 15.9 Å². The van der Waals surface area contributed by atoms with E-state index in [2.05, 4.69) is 32.6 Å². The van der Waals surface area contributed by atoms with E-state index in [1.807, 2.05) is 0 Å². The van der Waals surface area contributed by atoms with E-state index in [1.54, 1.807) is 0 Å². The number of halogens is 3. The number of hydrogen-bond acceptors (Lipinski definition) is 3. The molecule has 0 aliphatic rings. The van der Waals surface area contributed by atoms with Gasteiger partial charge in [-0.1, -0.05) is 22.5 Å². The molecule has 1 aromatic rings. The Labute approximate surface area is 122 Å². The quantitative estimate of drug-likeness (QED) is 0.832. The van der Waals surface area contributed by atoms with Gasteiger partial charge in [0.1, 0.15) is 6.04 Å². The van der Waals surface area contributed by atoms with Crippen LogP contribution < -0.4 is 5.32 Å². The highest BCUT2D eigenvalue weighted by Crippen LogP contribution is 2.13. The standard InChI is InChI=1S/C13H12BrF2NO3/c1-7(14)5-11(13(19)20-2)17-12(18)8-3-4-9(15)10(16)6-8/h3-4,6,11H,1,5H2,2H3,(H,17,18)/t11-/m0/s1. The first kappa shape index (κ1) is 16.3. The van der Waals surface area contributed by atoms with Crippen LogP contribution in [0.15, 0.2) is 29.3 Å². The minimum absolute atomic E-state index is 0.0991. The molecular weight excluding hydrogens is 336 g/mol. The summed E-state index contributed by atoms with van der Waals surface area (Å²) in [7, 11) is 1.18. The van der Waals surface area contributed by atoms with Crippen molar-refractivity contribution >= 4 is 27.8 Å². The van der Waals surface area contributed by atoms with E-state index in [4.69, 9.17) is 0 Å². The first-order valence-corrected chi connectivity index (χ1v) is 6.31. The van der Waals surface area contributed by atoms with Crippen LogP contribution in [0.3, 0.4) is 0 Å². The van der Waals surface area contributed by atoms with Crippen molar-refractivity contribution in [3.05, 3.63) is 46.5 Å². The molecule has 0 aromatic heterocycles. The first-order chi connectivity index (χ1) is 9.35. The minimum Gasteiger partial charge on any atom is -0.467 e. The molecule has 1 rings (SSSR count). The van der Waals surface area contributed by atoms with Gasteiger partial charge < -0.3 is 10.1 Å². The molecule has 1 aromatic carbocycles. The van der Waals surface area contributed by atoms with Gasteiger partial charge in [0, 0.05) is 12.0 Å². The van der Waals surface area contributed by atoms with Crippen LogP contribution in [-0.2, 0) is 9.53 Å². The van der Waals surface area contributed by atoms with Crippen LogP contribution in [0.2, 0.25) is 0 Å². The summed E-state index contributed by atoms with van der Waals surface area (Å²) in [6.45, 7) is 3.57. The predicted octanol–water partition coefficient (Wildman–Crippen LogP) is 2.53. The molecule has 0 spiro atoms. The van der Waals surface area contributed by atoms with E-state index in [1.165, 1.54) is 7.11 Å². The predicted molar refractivity (Wildman–Crippen MR) is 72.3 cm³/mol. The Balaban J connectivity index is 2.86. The second-order valence-corrected chi connectivity index (χ2v) is 5.02. The average Bonchev–Trinajstić information content (AvgIpc) is 2.39. The number of benzene rings is 1. The molecule has 0 saturated carbocycles. The van der Waals surface area contributed by atoms with Gasteiger partial charge in [0.15, 0.2) is 11.6 Å². The molecule has 20 heavy (non-hydrogen) atoms. The van der Waals surface area contributed by atoms with Gasteiger partial charge in [-0.25, -0.2) is 13.6 Å². The lowest BCUT2D eigenvalue weighted by Gasteiger charge is -2.16. The molecule has 1 atom stereocenters. The Morgan fingerprint density at radius 2 is 2.05 bits per heavy atom. The van der Waals surface area contributed by atoms with E-state index in [0.717, 1.165) is 18.2 Å². The van der Waals surface area contributed by atoms with Crippen LogP contribution in [0.5, 0.6) is 0 Å². The molecule has 0 aliphatic heterocycles. The number of carbonyl (C=O) groups excluding carboxylic acids is 2. The van der Waals surface area contributed by atoms with Crippen LogP contribution in [0.4, 0.5) is 8.78 Å². The van der Waals surface area contributed by atoms with Gasteiger partial charge >= 0.3 is 5.97 Å². The first-order valence-electron chi connectivity index (χ1n) is 5.52. The Bertz CT molecular complexity index is 548. The van der Waals surface area contributed by atoms with Gasteiger partial charge in [0.25, 0.3) is 5.91 Å². The molecule has 4 nitrogen and oxygen atoms in total. The van der Waals surface area contributed by atoms with Gasteiger partial charge in [-0.3, -0.25) is 4.79 Å². The fraction of sp³-hybridized carbons (Fsp3) is 0.231. The Kier molecular flexibility index (Phi) is 5.82. The van der Waals surface area contributed by atoms with Crippen molar-refractivity contribution in [2.45, 2.75) is 12.5 Å². The Morgan fingerprint density at radius 1 is 1.40 bits per heavy atom. The normalized spacial score (nSPS) is 11.6. The van der Waals surface area contributed by atoms with E-state index >= 15 is 0 Å². The van der Waals surface area contributed by atoms with E-state index in [0.29, 0.717) is 4.48 Å². The molecule has 0 heterocycles. The van der Waals surface area contributed by atoms with E-state index in [-0.39, 0.29) is 12.0 Å². The summed E-state index contributed by atoms with van der Waals surface area (Å²) in [4.78, 5) is 23.4. The third-order valence-electron chi connectivity index (χ3n) is 2.40. The minimum atomic E-state index is -1.14. The average molecular weight is 348 g/mol. The van der Waals surface area contributed by atoms with E-state index in [9.17, 15) is 18.4 Å².